The minimum Gasteiger partial charge on any atom is -0.369 e. The number of nitrogens with two attached hydrogens (primary N) is 1. The molecule has 0 unspecified atom stereocenters. The molecule has 0 radical (unpaired) electrons. The van der Waals surface area contributed by atoms with Crippen molar-refractivity contribution in [3.8, 4) is 0 Å². The van der Waals surface area contributed by atoms with E-state index in [1.54, 1.807) is 12.1 Å². The van der Waals surface area contributed by atoms with E-state index in [1.165, 1.54) is 0 Å². The minimum atomic E-state index is -3.09. The van der Waals surface area contributed by atoms with Crippen LogP contribution in [0.4, 0.5) is 0 Å². The summed E-state index contributed by atoms with van der Waals surface area (Å²) in [6, 6.07) is 5.32. The normalized spacial score (nSPS) is 17.1. The highest BCUT2D eigenvalue weighted by atomic mass is 32.2. The SMILES string of the molecule is NC(=O)CNCc1ccc2c(c1)CCCS2(=O)=O. The van der Waals surface area contributed by atoms with E-state index in [1.807, 2.05) is 6.07 Å². The van der Waals surface area contributed by atoms with Crippen LogP contribution in [0.2, 0.25) is 0 Å². The Labute approximate surface area is 106 Å². The third-order valence-corrected chi connectivity index (χ3v) is 4.84. The van der Waals surface area contributed by atoms with Gasteiger partial charge in [-0.05, 0) is 30.0 Å². The number of carbonyl (C=O) groups excluding carboxylic acids is 1. The molecule has 0 fully saturated rings. The zero-order valence-corrected chi connectivity index (χ0v) is 10.8. The molecular formula is C12H16N2O3S. The third kappa shape index (κ3) is 2.88. The monoisotopic (exact) mass is 268 g/mol. The fraction of sp³-hybridized carbons (Fsp3) is 0.417. The van der Waals surface area contributed by atoms with Gasteiger partial charge in [0.2, 0.25) is 5.91 Å². The number of hydrogen-bond donors (Lipinski definition) is 2. The highest BCUT2D eigenvalue weighted by molar-refractivity contribution is 7.91. The molecular weight excluding hydrogens is 252 g/mol. The number of hydrogen-bond acceptors (Lipinski definition) is 4. The van der Waals surface area contributed by atoms with E-state index in [9.17, 15) is 13.2 Å². The molecule has 0 aromatic heterocycles. The van der Waals surface area contributed by atoms with Gasteiger partial charge in [-0.2, -0.15) is 0 Å². The van der Waals surface area contributed by atoms with Crippen molar-refractivity contribution in [3.05, 3.63) is 29.3 Å². The number of benzene rings is 1. The lowest BCUT2D eigenvalue weighted by Crippen LogP contribution is -2.28. The van der Waals surface area contributed by atoms with Gasteiger partial charge in [0, 0.05) is 6.54 Å². The van der Waals surface area contributed by atoms with Gasteiger partial charge in [0.05, 0.1) is 17.2 Å². The Morgan fingerprint density at radius 2 is 2.17 bits per heavy atom. The molecule has 0 saturated heterocycles. The average Bonchev–Trinajstić information content (AvgIpc) is 2.27. The lowest BCUT2D eigenvalue weighted by Gasteiger charge is -2.17. The number of sulfone groups is 1. The molecule has 18 heavy (non-hydrogen) atoms. The molecule has 2 rings (SSSR count). The van der Waals surface area contributed by atoms with Crippen LogP contribution < -0.4 is 11.1 Å². The van der Waals surface area contributed by atoms with Gasteiger partial charge >= 0.3 is 0 Å². The maximum absolute atomic E-state index is 11.8. The molecule has 98 valence electrons. The lowest BCUT2D eigenvalue weighted by atomic mass is 10.1. The van der Waals surface area contributed by atoms with Gasteiger partial charge in [-0.15, -0.1) is 0 Å². The summed E-state index contributed by atoms with van der Waals surface area (Å²) in [6.07, 6.45) is 1.46. The summed E-state index contributed by atoms with van der Waals surface area (Å²) in [4.78, 5) is 11.0. The minimum absolute atomic E-state index is 0.120. The zero-order chi connectivity index (χ0) is 13.2. The second-order valence-corrected chi connectivity index (χ2v) is 6.51. The first-order chi connectivity index (χ1) is 8.49. The van der Waals surface area contributed by atoms with Crippen molar-refractivity contribution in [2.24, 2.45) is 5.73 Å². The number of aryl methyl sites for hydroxylation is 1. The van der Waals surface area contributed by atoms with Gasteiger partial charge in [0.25, 0.3) is 0 Å². The van der Waals surface area contributed by atoms with Gasteiger partial charge < -0.3 is 11.1 Å². The molecule has 1 aliphatic heterocycles. The molecule has 3 N–H and O–H groups in total. The first-order valence-electron chi connectivity index (χ1n) is 5.82. The van der Waals surface area contributed by atoms with Crippen molar-refractivity contribution < 1.29 is 13.2 Å². The summed E-state index contributed by atoms with van der Waals surface area (Å²) in [7, 11) is -3.09. The Morgan fingerprint density at radius 1 is 1.39 bits per heavy atom. The Kier molecular flexibility index (Phi) is 3.68. The fourth-order valence-corrected chi connectivity index (χ4v) is 3.71. The van der Waals surface area contributed by atoms with Crippen LogP contribution in [0, 0.1) is 0 Å². The summed E-state index contributed by atoms with van der Waals surface area (Å²) >= 11 is 0. The molecule has 0 bridgehead atoms. The van der Waals surface area contributed by atoms with Gasteiger partial charge in [-0.1, -0.05) is 12.1 Å². The Hall–Kier alpha value is -1.40. The number of fused-ring (bicyclic) bond motifs is 1. The summed E-state index contributed by atoms with van der Waals surface area (Å²) in [5.74, 6) is -0.172. The lowest BCUT2D eigenvalue weighted by molar-refractivity contribution is -0.117. The molecule has 1 amide bonds. The summed E-state index contributed by atoms with van der Waals surface area (Å²) < 4.78 is 23.6. The smallest absolute Gasteiger partial charge is 0.231 e. The molecule has 5 nitrogen and oxygen atoms in total. The predicted molar refractivity (Wildman–Crippen MR) is 67.7 cm³/mol. The second kappa shape index (κ2) is 5.07. The van der Waals surface area contributed by atoms with Crippen LogP contribution in [0.5, 0.6) is 0 Å². The Bertz CT molecular complexity index is 567. The van der Waals surface area contributed by atoms with Crippen molar-refractivity contribution in [1.82, 2.24) is 5.32 Å². The summed E-state index contributed by atoms with van der Waals surface area (Å²) in [6.45, 7) is 0.631. The van der Waals surface area contributed by atoms with E-state index < -0.39 is 15.7 Å². The summed E-state index contributed by atoms with van der Waals surface area (Å²) in [5, 5.41) is 2.90. The van der Waals surface area contributed by atoms with Crippen LogP contribution in [0.25, 0.3) is 0 Å². The second-order valence-electron chi connectivity index (χ2n) is 4.43. The van der Waals surface area contributed by atoms with E-state index in [2.05, 4.69) is 5.32 Å². The number of rotatable bonds is 4. The zero-order valence-electron chi connectivity index (χ0n) is 9.98. The van der Waals surface area contributed by atoms with Gasteiger partial charge in [-0.25, -0.2) is 8.42 Å². The molecule has 1 aromatic rings. The van der Waals surface area contributed by atoms with E-state index in [-0.39, 0.29) is 12.3 Å². The van der Waals surface area contributed by atoms with Crippen LogP contribution in [-0.4, -0.2) is 26.6 Å². The highest BCUT2D eigenvalue weighted by Crippen LogP contribution is 2.25. The van der Waals surface area contributed by atoms with Crippen LogP contribution in [0.1, 0.15) is 17.5 Å². The van der Waals surface area contributed by atoms with E-state index in [4.69, 9.17) is 5.73 Å². The third-order valence-electron chi connectivity index (χ3n) is 2.95. The van der Waals surface area contributed by atoms with Crippen LogP contribution in [0.3, 0.4) is 0 Å². The van der Waals surface area contributed by atoms with Crippen LogP contribution in [-0.2, 0) is 27.6 Å². The van der Waals surface area contributed by atoms with Crippen molar-refractivity contribution >= 4 is 15.7 Å². The molecule has 0 atom stereocenters. The molecule has 0 spiro atoms. The van der Waals surface area contributed by atoms with Crippen LogP contribution >= 0.6 is 0 Å². The van der Waals surface area contributed by atoms with Crippen molar-refractivity contribution in [1.29, 1.82) is 0 Å². The largest absolute Gasteiger partial charge is 0.369 e. The van der Waals surface area contributed by atoms with Crippen LogP contribution in [0.15, 0.2) is 23.1 Å². The quantitative estimate of drug-likeness (QED) is 0.803. The Balaban J connectivity index is 2.15. The molecule has 0 aliphatic carbocycles. The Morgan fingerprint density at radius 3 is 2.89 bits per heavy atom. The van der Waals surface area contributed by atoms with E-state index in [0.29, 0.717) is 17.9 Å². The standard InChI is InChI=1S/C12H16N2O3S/c13-12(15)8-14-7-9-3-4-11-10(6-9)2-1-5-18(11,16)17/h3-4,6,14H,1-2,5,7-8H2,(H2,13,15). The molecule has 1 heterocycles. The predicted octanol–water partition coefficient (Wildman–Crippen LogP) is -0.0186. The highest BCUT2D eigenvalue weighted by Gasteiger charge is 2.23. The van der Waals surface area contributed by atoms with Crippen molar-refractivity contribution in [2.45, 2.75) is 24.3 Å². The maximum Gasteiger partial charge on any atom is 0.231 e. The summed E-state index contributed by atoms with van der Waals surface area (Å²) in [5.41, 5.74) is 6.86. The molecule has 6 heteroatoms. The molecule has 1 aliphatic rings. The topological polar surface area (TPSA) is 89.3 Å². The number of primary amides is 1. The molecule has 0 saturated carbocycles. The van der Waals surface area contributed by atoms with Crippen molar-refractivity contribution in [2.75, 3.05) is 12.3 Å². The van der Waals surface area contributed by atoms with Crippen molar-refractivity contribution in [3.63, 3.8) is 0 Å². The maximum atomic E-state index is 11.8. The van der Waals surface area contributed by atoms with Gasteiger partial charge in [0.15, 0.2) is 9.84 Å². The molecule has 1 aromatic carbocycles. The van der Waals surface area contributed by atoms with E-state index in [0.717, 1.165) is 17.5 Å². The first kappa shape index (κ1) is 13.0. The van der Waals surface area contributed by atoms with Gasteiger partial charge in [0.1, 0.15) is 0 Å². The van der Waals surface area contributed by atoms with E-state index >= 15 is 0 Å². The van der Waals surface area contributed by atoms with Gasteiger partial charge in [-0.3, -0.25) is 4.79 Å². The number of amides is 1. The number of carbonyl (C=O) groups is 1. The fourth-order valence-electron chi connectivity index (χ4n) is 2.13. The number of nitrogens with one attached hydrogen (secondary N) is 1. The average molecular weight is 268 g/mol. The first-order valence-corrected chi connectivity index (χ1v) is 7.48.